The SMILES string of the molecule is COc1cc(S(=O)(=O)NCCc2ccccn2)ccc1-c1c(C)n[nH]c1C. The van der Waals surface area contributed by atoms with Gasteiger partial charge in [0.15, 0.2) is 0 Å². The van der Waals surface area contributed by atoms with E-state index < -0.39 is 10.0 Å². The number of methoxy groups -OCH3 is 1. The second kappa shape index (κ2) is 7.89. The summed E-state index contributed by atoms with van der Waals surface area (Å²) in [6, 6.07) is 10.4. The molecule has 0 saturated carbocycles. The maximum Gasteiger partial charge on any atom is 0.240 e. The average molecular weight is 386 g/mol. The first-order valence-corrected chi connectivity index (χ1v) is 10.00. The van der Waals surface area contributed by atoms with Gasteiger partial charge in [-0.25, -0.2) is 13.1 Å². The van der Waals surface area contributed by atoms with Gasteiger partial charge in [-0.2, -0.15) is 5.10 Å². The molecule has 0 atom stereocenters. The minimum Gasteiger partial charge on any atom is -0.496 e. The Morgan fingerprint density at radius 1 is 1.19 bits per heavy atom. The second-order valence-electron chi connectivity index (χ2n) is 6.14. The number of pyridine rings is 1. The van der Waals surface area contributed by atoms with Crippen LogP contribution in [0, 0.1) is 13.8 Å². The van der Waals surface area contributed by atoms with Crippen LogP contribution >= 0.6 is 0 Å². The van der Waals surface area contributed by atoms with E-state index in [1.54, 1.807) is 18.3 Å². The number of aromatic amines is 1. The number of aryl methyl sites for hydroxylation is 2. The smallest absolute Gasteiger partial charge is 0.240 e. The molecule has 142 valence electrons. The molecular formula is C19H22N4O3S. The van der Waals surface area contributed by atoms with Crippen molar-refractivity contribution in [3.05, 3.63) is 59.7 Å². The number of nitrogens with zero attached hydrogens (tertiary/aromatic N) is 2. The van der Waals surface area contributed by atoms with Gasteiger partial charge in [0.25, 0.3) is 0 Å². The normalized spacial score (nSPS) is 11.5. The second-order valence-corrected chi connectivity index (χ2v) is 7.91. The van der Waals surface area contributed by atoms with Crippen LogP contribution in [0.25, 0.3) is 11.1 Å². The molecule has 3 aromatic rings. The fourth-order valence-corrected chi connectivity index (χ4v) is 3.98. The number of benzene rings is 1. The molecule has 2 N–H and O–H groups in total. The molecule has 0 aliphatic rings. The van der Waals surface area contributed by atoms with E-state index in [9.17, 15) is 8.42 Å². The molecule has 1 aromatic carbocycles. The third-order valence-corrected chi connectivity index (χ3v) is 5.74. The average Bonchev–Trinajstić information content (AvgIpc) is 3.00. The van der Waals surface area contributed by atoms with Crippen LogP contribution in [-0.4, -0.2) is 37.3 Å². The molecule has 2 aromatic heterocycles. The molecule has 0 fully saturated rings. The van der Waals surface area contributed by atoms with Crippen LogP contribution in [0.2, 0.25) is 0 Å². The Labute approximate surface area is 158 Å². The van der Waals surface area contributed by atoms with Gasteiger partial charge in [0, 0.05) is 47.7 Å². The molecule has 7 nitrogen and oxygen atoms in total. The van der Waals surface area contributed by atoms with Crippen molar-refractivity contribution in [1.82, 2.24) is 19.9 Å². The van der Waals surface area contributed by atoms with Gasteiger partial charge in [-0.1, -0.05) is 6.07 Å². The first-order valence-electron chi connectivity index (χ1n) is 8.52. The monoisotopic (exact) mass is 386 g/mol. The first kappa shape index (κ1) is 19.1. The molecule has 0 aliphatic heterocycles. The molecule has 2 heterocycles. The highest BCUT2D eigenvalue weighted by Gasteiger charge is 2.19. The standard InChI is InChI=1S/C19H22N4O3S/c1-13-19(14(2)23-22-13)17-8-7-16(12-18(17)26-3)27(24,25)21-11-9-15-6-4-5-10-20-15/h4-8,10,12,21H,9,11H2,1-3H3,(H,22,23). The largest absolute Gasteiger partial charge is 0.496 e. The number of aromatic nitrogens is 3. The quantitative estimate of drug-likeness (QED) is 0.651. The van der Waals surface area contributed by atoms with Crippen molar-refractivity contribution < 1.29 is 13.2 Å². The Morgan fingerprint density at radius 2 is 2.00 bits per heavy atom. The zero-order chi connectivity index (χ0) is 19.4. The van der Waals surface area contributed by atoms with E-state index in [-0.39, 0.29) is 11.4 Å². The van der Waals surface area contributed by atoms with Gasteiger partial charge >= 0.3 is 0 Å². The number of sulfonamides is 1. The van der Waals surface area contributed by atoms with Crippen molar-refractivity contribution in [2.45, 2.75) is 25.2 Å². The van der Waals surface area contributed by atoms with Gasteiger partial charge in [0.1, 0.15) is 5.75 Å². The lowest BCUT2D eigenvalue weighted by Crippen LogP contribution is -2.26. The Bertz CT molecular complexity index is 1010. The summed E-state index contributed by atoms with van der Waals surface area (Å²) >= 11 is 0. The summed E-state index contributed by atoms with van der Waals surface area (Å²) in [5.41, 5.74) is 4.27. The van der Waals surface area contributed by atoms with Crippen molar-refractivity contribution in [2.75, 3.05) is 13.7 Å². The molecule has 0 aliphatic carbocycles. The summed E-state index contributed by atoms with van der Waals surface area (Å²) in [6.07, 6.45) is 2.20. The highest BCUT2D eigenvalue weighted by atomic mass is 32.2. The van der Waals surface area contributed by atoms with Crippen LogP contribution < -0.4 is 9.46 Å². The van der Waals surface area contributed by atoms with E-state index in [0.29, 0.717) is 12.2 Å². The third kappa shape index (κ3) is 4.17. The minimum atomic E-state index is -3.65. The molecule has 0 amide bonds. The maximum atomic E-state index is 12.6. The van der Waals surface area contributed by atoms with Gasteiger partial charge < -0.3 is 4.74 Å². The Kier molecular flexibility index (Phi) is 5.57. The third-order valence-electron chi connectivity index (χ3n) is 4.28. The fraction of sp³-hybridized carbons (Fsp3) is 0.263. The molecule has 3 rings (SSSR count). The van der Waals surface area contributed by atoms with E-state index in [1.165, 1.54) is 13.2 Å². The number of rotatable bonds is 7. The number of nitrogens with one attached hydrogen (secondary N) is 2. The molecule has 0 spiro atoms. The van der Waals surface area contributed by atoms with Crippen LogP contribution in [-0.2, 0) is 16.4 Å². The van der Waals surface area contributed by atoms with Gasteiger partial charge in [0.2, 0.25) is 10.0 Å². The summed E-state index contributed by atoms with van der Waals surface area (Å²) in [5, 5.41) is 7.12. The summed E-state index contributed by atoms with van der Waals surface area (Å²) in [5.74, 6) is 0.482. The predicted molar refractivity (Wildman–Crippen MR) is 103 cm³/mol. The van der Waals surface area contributed by atoms with E-state index in [1.807, 2.05) is 32.0 Å². The minimum absolute atomic E-state index is 0.155. The lowest BCUT2D eigenvalue weighted by atomic mass is 10.0. The van der Waals surface area contributed by atoms with Gasteiger partial charge in [0.05, 0.1) is 17.7 Å². The molecule has 0 bridgehead atoms. The molecule has 8 heteroatoms. The molecule has 27 heavy (non-hydrogen) atoms. The van der Waals surface area contributed by atoms with Crippen molar-refractivity contribution in [3.63, 3.8) is 0 Å². The summed E-state index contributed by atoms with van der Waals surface area (Å²) in [7, 11) is -2.13. The van der Waals surface area contributed by atoms with Crippen molar-refractivity contribution in [1.29, 1.82) is 0 Å². The van der Waals surface area contributed by atoms with Gasteiger partial charge in [-0.05, 0) is 38.1 Å². The number of H-pyrrole nitrogens is 1. The Morgan fingerprint density at radius 3 is 2.63 bits per heavy atom. The van der Waals surface area contributed by atoms with E-state index in [4.69, 9.17) is 4.74 Å². The van der Waals surface area contributed by atoms with Crippen LogP contribution in [0.3, 0.4) is 0 Å². The fourth-order valence-electron chi connectivity index (χ4n) is 2.94. The summed E-state index contributed by atoms with van der Waals surface area (Å²) < 4.78 is 33.3. The van der Waals surface area contributed by atoms with Crippen LogP contribution in [0.15, 0.2) is 47.5 Å². The highest BCUT2D eigenvalue weighted by molar-refractivity contribution is 7.89. The number of ether oxygens (including phenoxy) is 1. The van der Waals surface area contributed by atoms with Crippen molar-refractivity contribution in [2.24, 2.45) is 0 Å². The van der Waals surface area contributed by atoms with Gasteiger partial charge in [-0.3, -0.25) is 10.1 Å². The van der Waals surface area contributed by atoms with Crippen molar-refractivity contribution in [3.8, 4) is 16.9 Å². The lowest BCUT2D eigenvalue weighted by Gasteiger charge is -2.12. The number of hydrogen-bond acceptors (Lipinski definition) is 5. The Balaban J connectivity index is 1.82. The van der Waals surface area contributed by atoms with Crippen LogP contribution in [0.5, 0.6) is 5.75 Å². The molecule has 0 unspecified atom stereocenters. The highest BCUT2D eigenvalue weighted by Crippen LogP contribution is 2.35. The molecule has 0 saturated heterocycles. The van der Waals surface area contributed by atoms with E-state index in [0.717, 1.165) is 28.2 Å². The van der Waals surface area contributed by atoms with Crippen LogP contribution in [0.4, 0.5) is 0 Å². The van der Waals surface area contributed by atoms with E-state index in [2.05, 4.69) is 19.9 Å². The van der Waals surface area contributed by atoms with Gasteiger partial charge in [-0.15, -0.1) is 0 Å². The predicted octanol–water partition coefficient (Wildman–Crippen LogP) is 2.62. The molecular weight excluding hydrogens is 364 g/mol. The zero-order valence-electron chi connectivity index (χ0n) is 15.5. The summed E-state index contributed by atoms with van der Waals surface area (Å²) in [6.45, 7) is 4.07. The molecule has 0 radical (unpaired) electrons. The van der Waals surface area contributed by atoms with E-state index >= 15 is 0 Å². The lowest BCUT2D eigenvalue weighted by molar-refractivity contribution is 0.415. The van der Waals surface area contributed by atoms with Crippen molar-refractivity contribution >= 4 is 10.0 Å². The van der Waals surface area contributed by atoms with Crippen LogP contribution in [0.1, 0.15) is 17.1 Å². The number of hydrogen-bond donors (Lipinski definition) is 2. The summed E-state index contributed by atoms with van der Waals surface area (Å²) in [4.78, 5) is 4.35. The maximum absolute atomic E-state index is 12.6. The first-order chi connectivity index (χ1) is 12.9. The Hall–Kier alpha value is -2.71. The zero-order valence-corrected chi connectivity index (χ0v) is 16.3. The topological polar surface area (TPSA) is 97.0 Å².